The van der Waals surface area contributed by atoms with E-state index in [9.17, 15) is 14.3 Å². The van der Waals surface area contributed by atoms with Crippen LogP contribution in [0.5, 0.6) is 5.75 Å². The number of aliphatic hydroxyl groups excluding tert-OH is 1. The number of amides is 1. The first-order chi connectivity index (χ1) is 23.3. The first-order valence-corrected chi connectivity index (χ1v) is 16.8. The summed E-state index contributed by atoms with van der Waals surface area (Å²) in [4.78, 5) is 18.5. The van der Waals surface area contributed by atoms with Crippen molar-refractivity contribution in [1.29, 1.82) is 0 Å². The molecule has 1 saturated carbocycles. The molecule has 0 aliphatic heterocycles. The quantitative estimate of drug-likeness (QED) is 0.0816. The van der Waals surface area contributed by atoms with Gasteiger partial charge in [-0.25, -0.2) is 9.37 Å². The Morgan fingerprint density at radius 2 is 2.02 bits per heavy atom. The van der Waals surface area contributed by atoms with Crippen molar-refractivity contribution in [3.05, 3.63) is 107 Å². The number of nitrogens with two attached hydrogens (primary N) is 1. The molecule has 1 fully saturated rings. The number of aryl methyl sites for hydroxylation is 1. The van der Waals surface area contributed by atoms with Crippen molar-refractivity contribution in [2.75, 3.05) is 26.2 Å². The van der Waals surface area contributed by atoms with Gasteiger partial charge < -0.3 is 25.3 Å². The van der Waals surface area contributed by atoms with Crippen molar-refractivity contribution in [3.8, 4) is 29.5 Å². The number of hydrogen-bond donors (Lipinski definition) is 3. The molecule has 1 amide bonds. The number of carbonyl (C=O) groups is 1. The van der Waals surface area contributed by atoms with Crippen LogP contribution < -0.4 is 15.8 Å². The molecule has 0 radical (unpaired) electrons. The number of halogens is 1. The van der Waals surface area contributed by atoms with Crippen LogP contribution in [0.15, 0.2) is 77.5 Å². The monoisotopic (exact) mass is 652 g/mol. The Kier molecular flexibility index (Phi) is 12.0. The normalized spacial score (nSPS) is 14.1. The molecular formula is C39H45FN4O4. The van der Waals surface area contributed by atoms with Crippen molar-refractivity contribution in [2.45, 2.75) is 70.1 Å². The molecule has 0 bridgehead atoms. The largest absolute Gasteiger partial charge is 0.493 e. The lowest BCUT2D eigenvalue weighted by atomic mass is 10.0. The van der Waals surface area contributed by atoms with E-state index < -0.39 is 12.0 Å². The van der Waals surface area contributed by atoms with E-state index in [0.29, 0.717) is 55.3 Å². The second-order valence-corrected chi connectivity index (χ2v) is 12.6. The maximum absolute atomic E-state index is 14.5. The lowest BCUT2D eigenvalue weighted by molar-refractivity contribution is 0.1000. The number of primary amides is 1. The lowest BCUT2D eigenvalue weighted by Gasteiger charge is -2.22. The van der Waals surface area contributed by atoms with Gasteiger partial charge in [0.25, 0.3) is 0 Å². The fourth-order valence-corrected chi connectivity index (χ4v) is 6.08. The number of rotatable bonds is 19. The molecule has 1 aliphatic carbocycles. The summed E-state index contributed by atoms with van der Waals surface area (Å²) in [5, 5.41) is 14.2. The third kappa shape index (κ3) is 9.77. The lowest BCUT2D eigenvalue weighted by Crippen LogP contribution is -2.36. The molecule has 9 heteroatoms. The smallest absolute Gasteiger partial charge is 0.248 e. The van der Waals surface area contributed by atoms with E-state index >= 15 is 0 Å². The molecule has 0 spiro atoms. The highest BCUT2D eigenvalue weighted by molar-refractivity contribution is 5.94. The third-order valence-corrected chi connectivity index (χ3v) is 8.75. The first kappa shape index (κ1) is 34.8. The number of ether oxygens (including phenoxy) is 1. The number of aliphatic hydroxyl groups is 1. The first-order valence-electron chi connectivity index (χ1n) is 16.8. The summed E-state index contributed by atoms with van der Waals surface area (Å²) in [7, 11) is 0. The van der Waals surface area contributed by atoms with Gasteiger partial charge in [0.1, 0.15) is 17.8 Å². The van der Waals surface area contributed by atoms with Crippen LogP contribution in [0.1, 0.15) is 78.1 Å². The number of oxazole rings is 1. The summed E-state index contributed by atoms with van der Waals surface area (Å²) >= 11 is 0. The van der Waals surface area contributed by atoms with Crippen LogP contribution in [0.2, 0.25) is 0 Å². The molecule has 252 valence electrons. The zero-order valence-electron chi connectivity index (χ0n) is 27.6. The number of terminal acetylenes is 1. The molecule has 48 heavy (non-hydrogen) atoms. The van der Waals surface area contributed by atoms with E-state index in [1.807, 2.05) is 36.4 Å². The fourth-order valence-electron chi connectivity index (χ4n) is 6.08. The van der Waals surface area contributed by atoms with E-state index in [0.717, 1.165) is 67.4 Å². The topological polar surface area (TPSA) is 114 Å². The molecule has 4 N–H and O–H groups in total. The molecular weight excluding hydrogens is 607 g/mol. The van der Waals surface area contributed by atoms with E-state index in [4.69, 9.17) is 21.3 Å². The Morgan fingerprint density at radius 3 is 2.75 bits per heavy atom. The number of carbonyl (C=O) groups excluding carboxylic acids is 1. The minimum Gasteiger partial charge on any atom is -0.493 e. The molecule has 1 heterocycles. The molecule has 1 aromatic heterocycles. The van der Waals surface area contributed by atoms with Gasteiger partial charge in [-0.3, -0.25) is 9.69 Å². The van der Waals surface area contributed by atoms with Crippen molar-refractivity contribution < 1.29 is 23.4 Å². The van der Waals surface area contributed by atoms with E-state index in [1.54, 1.807) is 12.3 Å². The summed E-state index contributed by atoms with van der Waals surface area (Å²) in [5.74, 6) is 2.78. The van der Waals surface area contributed by atoms with Crippen LogP contribution in [0, 0.1) is 18.2 Å². The van der Waals surface area contributed by atoms with Gasteiger partial charge in [-0.05, 0) is 117 Å². The third-order valence-electron chi connectivity index (χ3n) is 8.75. The summed E-state index contributed by atoms with van der Waals surface area (Å²) < 4.78 is 25.9. The van der Waals surface area contributed by atoms with Gasteiger partial charge in [0.05, 0.1) is 18.9 Å². The molecule has 1 atom stereocenters. The number of benzene rings is 3. The maximum Gasteiger partial charge on any atom is 0.248 e. The SMILES string of the molecule is C#Cc1cccc(C2(NC[C@@H](O)CCc3cc(F)cc(OCCCCN(CCC)Cc4cc(C(N)=O)cc(-c5ncco5)c4)c3)CC2)c1. The minimum absolute atomic E-state index is 0.126. The highest BCUT2D eigenvalue weighted by Gasteiger charge is 2.44. The summed E-state index contributed by atoms with van der Waals surface area (Å²) in [6.07, 6.45) is 13.8. The zero-order chi connectivity index (χ0) is 33.9. The summed E-state index contributed by atoms with van der Waals surface area (Å²) in [6.45, 7) is 5.43. The van der Waals surface area contributed by atoms with Crippen molar-refractivity contribution >= 4 is 5.91 Å². The van der Waals surface area contributed by atoms with Gasteiger partial charge in [-0.2, -0.15) is 0 Å². The van der Waals surface area contributed by atoms with Gasteiger partial charge in [0.2, 0.25) is 11.8 Å². The van der Waals surface area contributed by atoms with E-state index in [2.05, 4.69) is 34.1 Å². The molecule has 0 saturated heterocycles. The minimum atomic E-state index is -0.566. The Labute approximate surface area is 282 Å². The Morgan fingerprint density at radius 1 is 1.17 bits per heavy atom. The highest BCUT2D eigenvalue weighted by atomic mass is 19.1. The fraction of sp³-hybridized carbons (Fsp3) is 0.385. The van der Waals surface area contributed by atoms with Crippen LogP contribution in [-0.4, -0.2) is 53.2 Å². The number of hydrogen-bond acceptors (Lipinski definition) is 7. The maximum atomic E-state index is 14.5. The predicted molar refractivity (Wildman–Crippen MR) is 185 cm³/mol. The average molecular weight is 653 g/mol. The number of nitrogens with zero attached hydrogens (tertiary/aromatic N) is 2. The molecule has 5 rings (SSSR count). The van der Waals surface area contributed by atoms with Crippen LogP contribution in [-0.2, 0) is 18.5 Å². The van der Waals surface area contributed by atoms with Crippen LogP contribution in [0.4, 0.5) is 4.39 Å². The van der Waals surface area contributed by atoms with E-state index in [-0.39, 0.29) is 11.4 Å². The van der Waals surface area contributed by atoms with Gasteiger partial charge in [-0.15, -0.1) is 6.42 Å². The molecule has 8 nitrogen and oxygen atoms in total. The van der Waals surface area contributed by atoms with Crippen LogP contribution in [0.25, 0.3) is 11.5 Å². The van der Waals surface area contributed by atoms with E-state index in [1.165, 1.54) is 18.4 Å². The zero-order valence-corrected chi connectivity index (χ0v) is 27.6. The van der Waals surface area contributed by atoms with Gasteiger partial charge >= 0.3 is 0 Å². The van der Waals surface area contributed by atoms with Crippen molar-refractivity contribution in [3.63, 3.8) is 0 Å². The van der Waals surface area contributed by atoms with Gasteiger partial charge in [-0.1, -0.05) is 25.0 Å². The Balaban J connectivity index is 1.06. The summed E-state index contributed by atoms with van der Waals surface area (Å²) in [5.41, 5.74) is 10.4. The number of aromatic nitrogens is 1. The molecule has 1 aliphatic rings. The van der Waals surface area contributed by atoms with Crippen molar-refractivity contribution in [1.82, 2.24) is 15.2 Å². The Hall–Kier alpha value is -4.49. The predicted octanol–water partition coefficient (Wildman–Crippen LogP) is 6.20. The summed E-state index contributed by atoms with van der Waals surface area (Å²) in [6, 6.07) is 18.3. The average Bonchev–Trinajstić information content (AvgIpc) is 3.68. The highest BCUT2D eigenvalue weighted by Crippen LogP contribution is 2.45. The van der Waals surface area contributed by atoms with Crippen molar-refractivity contribution in [2.24, 2.45) is 5.73 Å². The van der Waals surface area contributed by atoms with Gasteiger partial charge in [0.15, 0.2) is 0 Å². The standard InChI is InChI=1S/C39H45FN4O4/c1-3-15-44(27-30-19-31(37(41)46)24-32(20-30)38-42-14-18-48-38)16-5-6-17-47-36-23-29(22-34(40)25-36)10-11-35(45)26-43-39(12-13-39)33-9-7-8-28(4-2)21-33/h2,7-9,14,18-25,35,43,45H,3,5-6,10-13,15-17,26-27H2,1H3,(H2,41,46)/t35-/m0/s1. The molecule has 0 unspecified atom stereocenters. The van der Waals surface area contributed by atoms with Crippen LogP contribution >= 0.6 is 0 Å². The van der Waals surface area contributed by atoms with Gasteiger partial charge in [0, 0.05) is 41.4 Å². The Bertz CT molecular complexity index is 1700. The second kappa shape index (κ2) is 16.6. The molecule has 4 aromatic rings. The second-order valence-electron chi connectivity index (χ2n) is 12.6. The molecule has 3 aromatic carbocycles. The number of nitrogens with one attached hydrogen (secondary N) is 1. The van der Waals surface area contributed by atoms with Crippen LogP contribution in [0.3, 0.4) is 0 Å². The number of unbranched alkanes of at least 4 members (excludes halogenated alkanes) is 1.